The number of amides is 1. The van der Waals surface area contributed by atoms with E-state index in [2.05, 4.69) is 12.2 Å². The van der Waals surface area contributed by atoms with E-state index in [1.165, 1.54) is 0 Å². The molecule has 0 aromatic carbocycles. The number of hydrogen-bond donors (Lipinski definition) is 1. The Morgan fingerprint density at radius 3 is 2.79 bits per heavy atom. The zero-order valence-electron chi connectivity index (χ0n) is 8.97. The zero-order valence-corrected chi connectivity index (χ0v) is 8.97. The van der Waals surface area contributed by atoms with Gasteiger partial charge in [-0.05, 0) is 6.92 Å². The Kier molecular flexibility index (Phi) is 4.35. The Hall–Kier alpha value is -0.610. The van der Waals surface area contributed by atoms with Crippen LogP contribution in [0.3, 0.4) is 0 Å². The molecule has 4 heteroatoms. The lowest BCUT2D eigenvalue weighted by Gasteiger charge is -2.38. The van der Waals surface area contributed by atoms with Gasteiger partial charge in [0.05, 0.1) is 19.8 Å². The van der Waals surface area contributed by atoms with E-state index in [1.54, 1.807) is 0 Å². The second-order valence-electron chi connectivity index (χ2n) is 4.03. The minimum Gasteiger partial charge on any atom is -0.381 e. The highest BCUT2D eigenvalue weighted by atomic mass is 16.5. The lowest BCUT2D eigenvalue weighted by atomic mass is 9.89. The number of nitrogens with one attached hydrogen (secondary N) is 1. The molecule has 82 valence electrons. The molecule has 1 aliphatic heterocycles. The van der Waals surface area contributed by atoms with Crippen LogP contribution >= 0.6 is 0 Å². The molecule has 0 radical (unpaired) electrons. The van der Waals surface area contributed by atoms with Crippen LogP contribution in [-0.2, 0) is 14.3 Å². The van der Waals surface area contributed by atoms with E-state index >= 15 is 0 Å². The maximum absolute atomic E-state index is 11.3. The normalized spacial score (nSPS) is 18.7. The Balaban J connectivity index is 2.03. The highest BCUT2D eigenvalue weighted by Gasteiger charge is 2.33. The summed E-state index contributed by atoms with van der Waals surface area (Å²) in [6.07, 6.45) is 0.449. The molecule has 1 fully saturated rings. The maximum Gasteiger partial charge on any atom is 0.222 e. The molecule has 0 bridgehead atoms. The van der Waals surface area contributed by atoms with Gasteiger partial charge in [-0.1, -0.05) is 6.92 Å². The Morgan fingerprint density at radius 1 is 1.57 bits per heavy atom. The van der Waals surface area contributed by atoms with Crippen LogP contribution in [0.25, 0.3) is 0 Å². The molecule has 1 amide bonds. The van der Waals surface area contributed by atoms with Gasteiger partial charge in [0.1, 0.15) is 0 Å². The minimum atomic E-state index is 0.0616. The number of carbonyl (C=O) groups is 1. The second kappa shape index (κ2) is 5.32. The van der Waals surface area contributed by atoms with Gasteiger partial charge in [-0.3, -0.25) is 4.79 Å². The van der Waals surface area contributed by atoms with Crippen molar-refractivity contribution >= 4 is 5.91 Å². The summed E-state index contributed by atoms with van der Waals surface area (Å²) < 4.78 is 10.2. The molecule has 0 aromatic rings. The summed E-state index contributed by atoms with van der Waals surface area (Å²) in [7, 11) is 0. The molecule has 1 heterocycles. The van der Waals surface area contributed by atoms with Crippen LogP contribution in [0, 0.1) is 5.41 Å². The first-order chi connectivity index (χ1) is 6.66. The van der Waals surface area contributed by atoms with Crippen molar-refractivity contribution < 1.29 is 14.3 Å². The molecular weight excluding hydrogens is 182 g/mol. The fraction of sp³-hybridized carbons (Fsp3) is 0.900. The van der Waals surface area contributed by atoms with E-state index in [0.717, 1.165) is 13.2 Å². The van der Waals surface area contributed by atoms with Crippen molar-refractivity contribution in [3.8, 4) is 0 Å². The fourth-order valence-corrected chi connectivity index (χ4v) is 1.26. The van der Waals surface area contributed by atoms with E-state index in [4.69, 9.17) is 9.47 Å². The lowest BCUT2D eigenvalue weighted by Crippen LogP contribution is -2.48. The molecule has 0 unspecified atom stereocenters. The molecule has 4 nitrogen and oxygen atoms in total. The molecule has 14 heavy (non-hydrogen) atoms. The molecule has 0 aliphatic carbocycles. The largest absolute Gasteiger partial charge is 0.381 e. The van der Waals surface area contributed by atoms with Gasteiger partial charge in [0.15, 0.2) is 0 Å². The molecule has 1 aliphatic rings. The number of carbonyl (C=O) groups excluding carboxylic acids is 1. The first kappa shape index (κ1) is 11.5. The quantitative estimate of drug-likeness (QED) is 0.639. The van der Waals surface area contributed by atoms with Gasteiger partial charge in [0.25, 0.3) is 0 Å². The van der Waals surface area contributed by atoms with E-state index in [-0.39, 0.29) is 11.3 Å². The predicted octanol–water partition coefficient (Wildman–Crippen LogP) is 0.566. The van der Waals surface area contributed by atoms with Crippen molar-refractivity contribution in [1.29, 1.82) is 0 Å². The summed E-state index contributed by atoms with van der Waals surface area (Å²) in [6, 6.07) is 0. The molecule has 1 N–H and O–H groups in total. The molecule has 0 saturated carbocycles. The van der Waals surface area contributed by atoms with Gasteiger partial charge in [0, 0.05) is 25.0 Å². The summed E-state index contributed by atoms with van der Waals surface area (Å²) in [5, 5.41) is 2.89. The van der Waals surface area contributed by atoms with Crippen molar-refractivity contribution in [2.75, 3.05) is 33.0 Å². The SMILES string of the molecule is CCOCCC(=O)NCC1(C)COC1. The predicted molar refractivity (Wildman–Crippen MR) is 53.0 cm³/mol. The molecule has 0 atom stereocenters. The van der Waals surface area contributed by atoms with Gasteiger partial charge in [-0.15, -0.1) is 0 Å². The Labute approximate surface area is 85.0 Å². The van der Waals surface area contributed by atoms with E-state index in [0.29, 0.717) is 26.2 Å². The van der Waals surface area contributed by atoms with Gasteiger partial charge in [0.2, 0.25) is 5.91 Å². The van der Waals surface area contributed by atoms with Crippen LogP contribution in [0.1, 0.15) is 20.3 Å². The highest BCUT2D eigenvalue weighted by molar-refractivity contribution is 5.76. The van der Waals surface area contributed by atoms with Crippen LogP contribution in [0.2, 0.25) is 0 Å². The van der Waals surface area contributed by atoms with Crippen molar-refractivity contribution in [2.45, 2.75) is 20.3 Å². The minimum absolute atomic E-state index is 0.0616. The van der Waals surface area contributed by atoms with Crippen LogP contribution in [-0.4, -0.2) is 38.9 Å². The number of rotatable bonds is 6. The number of ether oxygens (including phenoxy) is 2. The molecule has 1 rings (SSSR count). The monoisotopic (exact) mass is 201 g/mol. The van der Waals surface area contributed by atoms with Gasteiger partial charge in [-0.2, -0.15) is 0 Å². The van der Waals surface area contributed by atoms with Crippen LogP contribution in [0.5, 0.6) is 0 Å². The molecular formula is C10H19NO3. The zero-order chi connectivity index (χ0) is 10.4. The van der Waals surface area contributed by atoms with E-state index < -0.39 is 0 Å². The first-order valence-electron chi connectivity index (χ1n) is 5.08. The van der Waals surface area contributed by atoms with Crippen molar-refractivity contribution in [1.82, 2.24) is 5.32 Å². The fourth-order valence-electron chi connectivity index (χ4n) is 1.26. The first-order valence-corrected chi connectivity index (χ1v) is 5.08. The summed E-state index contributed by atoms with van der Waals surface area (Å²) in [6.45, 7) is 7.41. The smallest absolute Gasteiger partial charge is 0.222 e. The standard InChI is InChI=1S/C10H19NO3/c1-3-13-5-4-9(12)11-6-10(2)7-14-8-10/h3-8H2,1-2H3,(H,11,12). The van der Waals surface area contributed by atoms with Gasteiger partial charge in [-0.25, -0.2) is 0 Å². The molecule has 1 saturated heterocycles. The third kappa shape index (κ3) is 3.64. The Bertz CT molecular complexity index is 190. The summed E-state index contributed by atoms with van der Waals surface area (Å²) in [5.74, 6) is 0.0616. The van der Waals surface area contributed by atoms with Crippen LogP contribution in [0.4, 0.5) is 0 Å². The second-order valence-corrected chi connectivity index (χ2v) is 4.03. The van der Waals surface area contributed by atoms with Crippen molar-refractivity contribution in [3.63, 3.8) is 0 Å². The summed E-state index contributed by atoms with van der Waals surface area (Å²) in [4.78, 5) is 11.3. The summed E-state index contributed by atoms with van der Waals surface area (Å²) in [5.41, 5.74) is 0.154. The van der Waals surface area contributed by atoms with Crippen molar-refractivity contribution in [3.05, 3.63) is 0 Å². The Morgan fingerprint density at radius 2 is 2.29 bits per heavy atom. The molecule has 0 aromatic heterocycles. The highest BCUT2D eigenvalue weighted by Crippen LogP contribution is 2.24. The average molecular weight is 201 g/mol. The van der Waals surface area contributed by atoms with Gasteiger partial charge >= 0.3 is 0 Å². The average Bonchev–Trinajstić information content (AvgIpc) is 2.12. The summed E-state index contributed by atoms with van der Waals surface area (Å²) >= 11 is 0. The van der Waals surface area contributed by atoms with Crippen molar-refractivity contribution in [2.24, 2.45) is 5.41 Å². The van der Waals surface area contributed by atoms with Crippen LogP contribution < -0.4 is 5.32 Å². The number of hydrogen-bond acceptors (Lipinski definition) is 3. The van der Waals surface area contributed by atoms with Gasteiger partial charge < -0.3 is 14.8 Å². The topological polar surface area (TPSA) is 47.6 Å². The third-order valence-corrected chi connectivity index (χ3v) is 2.29. The maximum atomic E-state index is 11.3. The van der Waals surface area contributed by atoms with Crippen LogP contribution in [0.15, 0.2) is 0 Å². The molecule has 0 spiro atoms. The van der Waals surface area contributed by atoms with E-state index in [1.807, 2.05) is 6.92 Å². The van der Waals surface area contributed by atoms with E-state index in [9.17, 15) is 4.79 Å². The third-order valence-electron chi connectivity index (χ3n) is 2.29. The lowest BCUT2D eigenvalue weighted by molar-refractivity contribution is -0.127.